The molecule has 1 aromatic carbocycles. The first-order valence-electron chi connectivity index (χ1n) is 4.96. The number of hydrogen-bond acceptors (Lipinski definition) is 3. The Balaban J connectivity index is 2.50. The first kappa shape index (κ1) is 11.8. The Labute approximate surface area is 103 Å². The molecule has 0 spiro atoms. The van der Waals surface area contributed by atoms with Crippen molar-refractivity contribution in [2.45, 2.75) is 11.6 Å². The zero-order valence-corrected chi connectivity index (χ0v) is 9.50. The van der Waals surface area contributed by atoms with Crippen LogP contribution in [0.4, 0.5) is 0 Å². The maximum Gasteiger partial charge on any atom is 0.332 e. The summed E-state index contributed by atoms with van der Waals surface area (Å²) in [6.07, 6.45) is 4.28. The lowest BCUT2D eigenvalue weighted by Gasteiger charge is -2.30. The number of carboxylic acid groups (broad SMARTS) is 1. The number of halogens is 1. The average molecular weight is 252 g/mol. The summed E-state index contributed by atoms with van der Waals surface area (Å²) in [5.41, 5.74) is -1.25. The van der Waals surface area contributed by atoms with E-state index in [0.29, 0.717) is 10.6 Å². The number of aliphatic hydroxyl groups is 1. The van der Waals surface area contributed by atoms with Gasteiger partial charge in [-0.25, -0.2) is 4.79 Å². The second-order valence-electron chi connectivity index (χ2n) is 3.73. The number of nitrogens with zero attached hydrogens (tertiary/aromatic N) is 1. The Kier molecular flexibility index (Phi) is 3.00. The van der Waals surface area contributed by atoms with Crippen LogP contribution in [0.15, 0.2) is 41.4 Å². The minimum Gasteiger partial charge on any atom is -0.480 e. The van der Waals surface area contributed by atoms with Crippen molar-refractivity contribution >= 4 is 23.8 Å². The van der Waals surface area contributed by atoms with Gasteiger partial charge in [-0.15, -0.1) is 0 Å². The topological polar surface area (TPSA) is 69.9 Å². The first-order chi connectivity index (χ1) is 8.04. The van der Waals surface area contributed by atoms with Gasteiger partial charge in [0, 0.05) is 11.2 Å². The Hall–Kier alpha value is -1.65. The molecule has 0 saturated carbocycles. The molecule has 88 valence electrons. The van der Waals surface area contributed by atoms with Crippen LogP contribution in [0.25, 0.3) is 0 Å². The molecule has 17 heavy (non-hydrogen) atoms. The van der Waals surface area contributed by atoms with Gasteiger partial charge in [0.2, 0.25) is 0 Å². The Morgan fingerprint density at radius 1 is 1.47 bits per heavy atom. The Morgan fingerprint density at radius 2 is 2.24 bits per heavy atom. The Bertz CT molecular complexity index is 512. The number of aliphatic imine (C=N–C) groups is 1. The van der Waals surface area contributed by atoms with E-state index in [4.69, 9.17) is 16.7 Å². The van der Waals surface area contributed by atoms with E-state index in [1.54, 1.807) is 18.2 Å². The van der Waals surface area contributed by atoms with Gasteiger partial charge in [0.1, 0.15) is 5.60 Å². The maximum absolute atomic E-state index is 11.1. The van der Waals surface area contributed by atoms with Crippen LogP contribution in [0.1, 0.15) is 5.56 Å². The molecule has 0 radical (unpaired) electrons. The smallest absolute Gasteiger partial charge is 0.332 e. The number of carbonyl (C=O) groups is 1. The standard InChI is InChI=1S/C12H10ClNO3/c13-9-4-1-3-8(7-9)12(17)5-2-6-14-10(12)11(15)16/h1-7,10,17H,(H,15,16). The summed E-state index contributed by atoms with van der Waals surface area (Å²) in [4.78, 5) is 14.9. The van der Waals surface area contributed by atoms with Crippen LogP contribution in [-0.2, 0) is 10.4 Å². The molecule has 2 N–H and O–H groups in total. The summed E-state index contributed by atoms with van der Waals surface area (Å²) in [5.74, 6) is -1.19. The number of carboxylic acids is 1. The van der Waals surface area contributed by atoms with Crippen LogP contribution in [0.2, 0.25) is 5.02 Å². The molecule has 1 aliphatic heterocycles. The summed E-state index contributed by atoms with van der Waals surface area (Å²) < 4.78 is 0. The zero-order valence-electron chi connectivity index (χ0n) is 8.75. The number of dihydropyridines is 1. The van der Waals surface area contributed by atoms with Crippen molar-refractivity contribution < 1.29 is 15.0 Å². The molecule has 0 amide bonds. The average Bonchev–Trinajstić information content (AvgIpc) is 2.29. The molecular weight excluding hydrogens is 242 g/mol. The molecule has 1 aromatic rings. The highest BCUT2D eigenvalue weighted by atomic mass is 35.5. The van der Waals surface area contributed by atoms with Crippen molar-refractivity contribution in [1.82, 2.24) is 0 Å². The van der Waals surface area contributed by atoms with Crippen molar-refractivity contribution in [1.29, 1.82) is 0 Å². The minimum absolute atomic E-state index is 0.408. The maximum atomic E-state index is 11.1. The van der Waals surface area contributed by atoms with Crippen LogP contribution < -0.4 is 0 Å². The van der Waals surface area contributed by atoms with Crippen molar-refractivity contribution in [3.63, 3.8) is 0 Å². The third-order valence-corrected chi connectivity index (χ3v) is 2.84. The van der Waals surface area contributed by atoms with Crippen molar-refractivity contribution in [3.8, 4) is 0 Å². The summed E-state index contributed by atoms with van der Waals surface area (Å²) in [6.45, 7) is 0. The number of aliphatic carboxylic acids is 1. The molecule has 5 heteroatoms. The van der Waals surface area contributed by atoms with E-state index in [2.05, 4.69) is 4.99 Å². The van der Waals surface area contributed by atoms with E-state index in [0.717, 1.165) is 0 Å². The second kappa shape index (κ2) is 4.31. The van der Waals surface area contributed by atoms with Gasteiger partial charge in [0.15, 0.2) is 6.04 Å². The SMILES string of the molecule is O=C(O)C1N=CC=CC1(O)c1cccc(Cl)c1. The predicted molar refractivity (Wildman–Crippen MR) is 64.4 cm³/mol. The molecule has 0 aliphatic carbocycles. The third kappa shape index (κ3) is 2.09. The molecule has 4 nitrogen and oxygen atoms in total. The van der Waals surface area contributed by atoms with Crippen molar-refractivity contribution in [2.75, 3.05) is 0 Å². The molecule has 2 atom stereocenters. The highest BCUT2D eigenvalue weighted by molar-refractivity contribution is 6.30. The highest BCUT2D eigenvalue weighted by Gasteiger charge is 2.42. The van der Waals surface area contributed by atoms with Crippen LogP contribution >= 0.6 is 11.6 Å². The monoisotopic (exact) mass is 251 g/mol. The van der Waals surface area contributed by atoms with Gasteiger partial charge < -0.3 is 10.2 Å². The molecule has 0 aromatic heterocycles. The summed E-state index contributed by atoms with van der Waals surface area (Å²) in [6, 6.07) is 5.20. The fraction of sp³-hybridized carbons (Fsp3) is 0.167. The minimum atomic E-state index is -1.66. The lowest BCUT2D eigenvalue weighted by atomic mass is 9.85. The fourth-order valence-electron chi connectivity index (χ4n) is 1.77. The predicted octanol–water partition coefficient (Wildman–Crippen LogP) is 1.62. The second-order valence-corrected chi connectivity index (χ2v) is 4.17. The number of allylic oxidation sites excluding steroid dienone is 1. The van der Waals surface area contributed by atoms with Crippen LogP contribution in [-0.4, -0.2) is 28.4 Å². The van der Waals surface area contributed by atoms with E-state index in [-0.39, 0.29) is 0 Å². The molecule has 1 heterocycles. The molecule has 0 fully saturated rings. The molecule has 1 aliphatic rings. The summed E-state index contributed by atoms with van der Waals surface area (Å²) in [5, 5.41) is 20.0. The van der Waals surface area contributed by atoms with Gasteiger partial charge in [-0.1, -0.05) is 23.7 Å². The molecule has 2 unspecified atom stereocenters. The number of benzene rings is 1. The van der Waals surface area contributed by atoms with E-state index < -0.39 is 17.6 Å². The van der Waals surface area contributed by atoms with Crippen molar-refractivity contribution in [3.05, 3.63) is 47.0 Å². The van der Waals surface area contributed by atoms with Gasteiger partial charge in [0.05, 0.1) is 0 Å². The summed E-state index contributed by atoms with van der Waals surface area (Å²) >= 11 is 5.83. The van der Waals surface area contributed by atoms with Gasteiger partial charge in [0.25, 0.3) is 0 Å². The quantitative estimate of drug-likeness (QED) is 0.839. The molecule has 0 saturated heterocycles. The lowest BCUT2D eigenvalue weighted by molar-refractivity contribution is -0.143. The van der Waals surface area contributed by atoms with E-state index in [1.165, 1.54) is 24.4 Å². The van der Waals surface area contributed by atoms with Crippen LogP contribution in [0.5, 0.6) is 0 Å². The fourth-order valence-corrected chi connectivity index (χ4v) is 1.96. The Morgan fingerprint density at radius 3 is 2.88 bits per heavy atom. The highest BCUT2D eigenvalue weighted by Crippen LogP contribution is 2.32. The number of hydrogen-bond donors (Lipinski definition) is 2. The first-order valence-corrected chi connectivity index (χ1v) is 5.34. The zero-order chi connectivity index (χ0) is 12.5. The van der Waals surface area contributed by atoms with Gasteiger partial charge in [-0.05, 0) is 29.8 Å². The largest absolute Gasteiger partial charge is 0.480 e. The van der Waals surface area contributed by atoms with E-state index in [1.807, 2.05) is 0 Å². The van der Waals surface area contributed by atoms with Crippen molar-refractivity contribution in [2.24, 2.45) is 4.99 Å². The normalized spacial score (nSPS) is 27.1. The van der Waals surface area contributed by atoms with Crippen LogP contribution in [0.3, 0.4) is 0 Å². The molecule has 2 rings (SSSR count). The van der Waals surface area contributed by atoms with Gasteiger partial charge >= 0.3 is 5.97 Å². The lowest BCUT2D eigenvalue weighted by Crippen LogP contribution is -2.43. The molecule has 0 bridgehead atoms. The third-order valence-electron chi connectivity index (χ3n) is 2.61. The van der Waals surface area contributed by atoms with E-state index in [9.17, 15) is 9.90 Å². The van der Waals surface area contributed by atoms with Gasteiger partial charge in [-0.2, -0.15) is 0 Å². The molecular formula is C12H10ClNO3. The summed E-state index contributed by atoms with van der Waals surface area (Å²) in [7, 11) is 0. The number of rotatable bonds is 2. The van der Waals surface area contributed by atoms with E-state index >= 15 is 0 Å². The van der Waals surface area contributed by atoms with Gasteiger partial charge in [-0.3, -0.25) is 4.99 Å². The van der Waals surface area contributed by atoms with Crippen LogP contribution in [0, 0.1) is 0 Å².